The van der Waals surface area contributed by atoms with Crippen molar-refractivity contribution in [3.05, 3.63) is 87.3 Å². The van der Waals surface area contributed by atoms with Crippen LogP contribution in [0.1, 0.15) is 27.3 Å². The largest absolute Gasteiger partial charge is 0.497 e. The average Bonchev–Trinajstić information content (AvgIpc) is 2.81. The number of nitrogens with zero attached hydrogens (tertiary/aromatic N) is 2. The number of aromatic nitrogens is 2. The van der Waals surface area contributed by atoms with Crippen LogP contribution < -0.4 is 20.8 Å². The Balaban J connectivity index is 1.72. The van der Waals surface area contributed by atoms with Crippen LogP contribution in [0.3, 0.4) is 0 Å². The van der Waals surface area contributed by atoms with Crippen LogP contribution in [-0.4, -0.2) is 35.2 Å². The molecule has 0 radical (unpaired) electrons. The quantitative estimate of drug-likeness (QED) is 0.548. The van der Waals surface area contributed by atoms with Crippen molar-refractivity contribution < 1.29 is 27.5 Å². The van der Waals surface area contributed by atoms with Gasteiger partial charge in [-0.1, -0.05) is 24.3 Å². The van der Waals surface area contributed by atoms with Gasteiger partial charge in [-0.15, -0.1) is 0 Å². The van der Waals surface area contributed by atoms with Crippen LogP contribution in [0.2, 0.25) is 0 Å². The second kappa shape index (κ2) is 10.2. The van der Waals surface area contributed by atoms with Gasteiger partial charge in [0.15, 0.2) is 5.69 Å². The van der Waals surface area contributed by atoms with Gasteiger partial charge in [0.1, 0.15) is 5.75 Å². The fourth-order valence-corrected chi connectivity index (χ4v) is 3.10. The summed E-state index contributed by atoms with van der Waals surface area (Å²) in [5, 5.41) is 8.73. The predicted molar refractivity (Wildman–Crippen MR) is 117 cm³/mol. The van der Waals surface area contributed by atoms with Gasteiger partial charge in [-0.25, -0.2) is 4.68 Å². The lowest BCUT2D eigenvalue weighted by Crippen LogP contribution is -2.39. The molecule has 0 aliphatic rings. The number of hydrogen-bond acceptors (Lipinski definition) is 5. The van der Waals surface area contributed by atoms with Crippen molar-refractivity contribution in [3.8, 4) is 11.4 Å². The SMILES string of the molecule is COc1ccc(CNC(=O)CNC(=O)c2nn(-c3ccccc3C(F)(F)F)c(C)cc2=O)cc1. The minimum Gasteiger partial charge on any atom is -0.497 e. The first kappa shape index (κ1) is 24.5. The third kappa shape index (κ3) is 5.80. The van der Waals surface area contributed by atoms with Crippen LogP contribution in [-0.2, 0) is 17.5 Å². The highest BCUT2D eigenvalue weighted by Crippen LogP contribution is 2.33. The Labute approximate surface area is 192 Å². The first-order valence-electron chi connectivity index (χ1n) is 10.1. The number of carbonyl (C=O) groups is 2. The molecule has 8 nitrogen and oxygen atoms in total. The molecular formula is C23H21F3N4O4. The van der Waals surface area contributed by atoms with E-state index in [1.807, 2.05) is 0 Å². The van der Waals surface area contributed by atoms with Crippen molar-refractivity contribution in [1.29, 1.82) is 0 Å². The molecule has 1 aromatic heterocycles. The maximum absolute atomic E-state index is 13.4. The summed E-state index contributed by atoms with van der Waals surface area (Å²) in [6.45, 7) is 1.14. The Morgan fingerprint density at radius 3 is 2.38 bits per heavy atom. The predicted octanol–water partition coefficient (Wildman–Crippen LogP) is 2.61. The van der Waals surface area contributed by atoms with Gasteiger partial charge in [0.2, 0.25) is 11.3 Å². The van der Waals surface area contributed by atoms with Crippen molar-refractivity contribution in [2.75, 3.05) is 13.7 Å². The molecule has 3 rings (SSSR count). The number of ether oxygens (including phenoxy) is 1. The molecule has 2 aromatic carbocycles. The molecule has 0 unspecified atom stereocenters. The molecule has 0 aliphatic carbocycles. The number of methoxy groups -OCH3 is 1. The second-order valence-corrected chi connectivity index (χ2v) is 7.23. The lowest BCUT2D eigenvalue weighted by Gasteiger charge is -2.16. The van der Waals surface area contributed by atoms with Crippen LogP contribution >= 0.6 is 0 Å². The number of para-hydroxylation sites is 1. The lowest BCUT2D eigenvalue weighted by atomic mass is 10.1. The summed E-state index contributed by atoms with van der Waals surface area (Å²) in [4.78, 5) is 36.9. The molecule has 1 heterocycles. The van der Waals surface area contributed by atoms with Crippen molar-refractivity contribution in [2.24, 2.45) is 0 Å². The van der Waals surface area contributed by atoms with E-state index in [2.05, 4.69) is 15.7 Å². The van der Waals surface area contributed by atoms with Gasteiger partial charge in [0.05, 0.1) is 24.9 Å². The number of alkyl halides is 3. The maximum Gasteiger partial charge on any atom is 0.418 e. The molecule has 178 valence electrons. The topological polar surface area (TPSA) is 102 Å². The monoisotopic (exact) mass is 474 g/mol. The number of amides is 2. The molecule has 0 saturated heterocycles. The highest BCUT2D eigenvalue weighted by atomic mass is 19.4. The van der Waals surface area contributed by atoms with Gasteiger partial charge in [-0.05, 0) is 36.8 Å². The highest BCUT2D eigenvalue weighted by Gasteiger charge is 2.34. The van der Waals surface area contributed by atoms with E-state index in [1.165, 1.54) is 32.2 Å². The Bertz CT molecular complexity index is 1250. The molecule has 0 spiro atoms. The molecule has 0 atom stereocenters. The Kier molecular flexibility index (Phi) is 7.34. The van der Waals surface area contributed by atoms with Crippen LogP contribution in [0.5, 0.6) is 5.75 Å². The number of benzene rings is 2. The summed E-state index contributed by atoms with van der Waals surface area (Å²) >= 11 is 0. The van der Waals surface area contributed by atoms with Crippen LogP contribution in [0.4, 0.5) is 13.2 Å². The minimum absolute atomic E-state index is 0.107. The number of aryl methyl sites for hydroxylation is 1. The molecule has 0 fully saturated rings. The first-order valence-corrected chi connectivity index (χ1v) is 10.1. The van der Waals surface area contributed by atoms with Crippen molar-refractivity contribution >= 4 is 11.8 Å². The van der Waals surface area contributed by atoms with E-state index in [0.29, 0.717) is 5.75 Å². The van der Waals surface area contributed by atoms with Crippen LogP contribution in [0, 0.1) is 6.92 Å². The summed E-state index contributed by atoms with van der Waals surface area (Å²) in [7, 11) is 1.53. The van der Waals surface area contributed by atoms with Gasteiger partial charge in [-0.3, -0.25) is 14.4 Å². The first-order chi connectivity index (χ1) is 16.1. The Morgan fingerprint density at radius 2 is 1.74 bits per heavy atom. The maximum atomic E-state index is 13.4. The number of hydrogen-bond donors (Lipinski definition) is 2. The van der Waals surface area contributed by atoms with Gasteiger partial charge >= 0.3 is 6.18 Å². The number of rotatable bonds is 7. The van der Waals surface area contributed by atoms with E-state index < -0.39 is 41.2 Å². The van der Waals surface area contributed by atoms with E-state index >= 15 is 0 Å². The van der Waals surface area contributed by atoms with Crippen molar-refractivity contribution in [1.82, 2.24) is 20.4 Å². The number of nitrogens with one attached hydrogen (secondary N) is 2. The fraction of sp³-hybridized carbons (Fsp3) is 0.217. The fourth-order valence-electron chi connectivity index (χ4n) is 3.10. The summed E-state index contributed by atoms with van der Waals surface area (Å²) in [5.41, 5.74) is -1.82. The van der Waals surface area contributed by atoms with Crippen LogP contribution in [0.25, 0.3) is 5.69 Å². The van der Waals surface area contributed by atoms with E-state index in [-0.39, 0.29) is 17.9 Å². The number of carbonyl (C=O) groups excluding carboxylic acids is 2. The van der Waals surface area contributed by atoms with E-state index in [9.17, 15) is 27.6 Å². The third-order valence-electron chi connectivity index (χ3n) is 4.82. The van der Waals surface area contributed by atoms with Gasteiger partial charge in [0.25, 0.3) is 5.91 Å². The molecule has 11 heteroatoms. The molecule has 0 saturated carbocycles. The molecule has 2 amide bonds. The molecule has 34 heavy (non-hydrogen) atoms. The molecule has 0 aliphatic heterocycles. The zero-order valence-electron chi connectivity index (χ0n) is 18.3. The highest BCUT2D eigenvalue weighted by molar-refractivity contribution is 5.94. The summed E-state index contributed by atoms with van der Waals surface area (Å²) in [6.07, 6.45) is -4.67. The van der Waals surface area contributed by atoms with Gasteiger partial charge in [-0.2, -0.15) is 18.3 Å². The summed E-state index contributed by atoms with van der Waals surface area (Å²) < 4.78 is 46.2. The second-order valence-electron chi connectivity index (χ2n) is 7.23. The van der Waals surface area contributed by atoms with E-state index in [0.717, 1.165) is 22.4 Å². The third-order valence-corrected chi connectivity index (χ3v) is 4.82. The molecule has 2 N–H and O–H groups in total. The Morgan fingerprint density at radius 1 is 1.06 bits per heavy atom. The zero-order valence-corrected chi connectivity index (χ0v) is 18.3. The average molecular weight is 474 g/mol. The van der Waals surface area contributed by atoms with Crippen molar-refractivity contribution in [2.45, 2.75) is 19.6 Å². The molecule has 0 bridgehead atoms. The standard InChI is InChI=1S/C23H21F3N4O4/c1-14-11-19(31)21(29-30(14)18-6-4-3-5-17(18)23(24,25)26)22(33)28-13-20(32)27-12-15-7-9-16(34-2)10-8-15/h3-11H,12-13H2,1-2H3,(H,27,32)(H,28,33). The van der Waals surface area contributed by atoms with Gasteiger partial charge < -0.3 is 15.4 Å². The van der Waals surface area contributed by atoms with Crippen LogP contribution in [0.15, 0.2) is 59.4 Å². The minimum atomic E-state index is -4.67. The normalized spacial score (nSPS) is 11.1. The lowest BCUT2D eigenvalue weighted by molar-refractivity contribution is -0.137. The summed E-state index contributed by atoms with van der Waals surface area (Å²) in [5.74, 6) is -0.849. The summed E-state index contributed by atoms with van der Waals surface area (Å²) in [6, 6.07) is 12.7. The zero-order chi connectivity index (χ0) is 24.9. The molecule has 3 aromatic rings. The van der Waals surface area contributed by atoms with Crippen molar-refractivity contribution in [3.63, 3.8) is 0 Å². The van der Waals surface area contributed by atoms with E-state index in [4.69, 9.17) is 4.74 Å². The smallest absolute Gasteiger partial charge is 0.418 e. The number of halogens is 3. The van der Waals surface area contributed by atoms with E-state index in [1.54, 1.807) is 24.3 Å². The molecular weight excluding hydrogens is 453 g/mol. The van der Waals surface area contributed by atoms with Gasteiger partial charge in [0, 0.05) is 18.3 Å². The Hall–Kier alpha value is -4.15.